The van der Waals surface area contributed by atoms with Crippen molar-refractivity contribution in [1.29, 1.82) is 0 Å². The summed E-state index contributed by atoms with van der Waals surface area (Å²) in [5, 5.41) is 3.83. The monoisotopic (exact) mass is 297 g/mol. The van der Waals surface area contributed by atoms with Gasteiger partial charge in [0.05, 0.1) is 12.2 Å². The maximum Gasteiger partial charge on any atom is 0.0986 e. The Kier molecular flexibility index (Phi) is 6.10. The predicted octanol–water partition coefficient (Wildman–Crippen LogP) is 3.76. The molecular weight excluding hydrogens is 262 g/mol. The molecule has 0 saturated heterocycles. The zero-order valence-electron chi connectivity index (χ0n) is 14.7. The highest BCUT2D eigenvalue weighted by molar-refractivity contribution is 4.99. The third-order valence-electron chi connectivity index (χ3n) is 6.10. The zero-order chi connectivity index (χ0) is 15.5. The fraction of sp³-hybridized carbons (Fsp3) is 1.00. The van der Waals surface area contributed by atoms with Crippen LogP contribution in [0.15, 0.2) is 0 Å². The van der Waals surface area contributed by atoms with E-state index in [4.69, 9.17) is 9.47 Å². The standard InChI is InChI=1S/C18H35NO2/c1-6-18(3,4)13-8-10-14(11-9-13)19-15-12-16(21-7-2)17(15)20-5/h13-17,19H,6-12H2,1-5H3. The summed E-state index contributed by atoms with van der Waals surface area (Å²) in [4.78, 5) is 0. The van der Waals surface area contributed by atoms with Crippen molar-refractivity contribution in [3.63, 3.8) is 0 Å². The van der Waals surface area contributed by atoms with Crippen molar-refractivity contribution in [1.82, 2.24) is 5.32 Å². The molecule has 0 aliphatic heterocycles. The third kappa shape index (κ3) is 4.00. The molecule has 0 amide bonds. The summed E-state index contributed by atoms with van der Waals surface area (Å²) in [5.74, 6) is 0.899. The van der Waals surface area contributed by atoms with Gasteiger partial charge in [-0.15, -0.1) is 0 Å². The molecule has 2 aliphatic rings. The lowest BCUT2D eigenvalue weighted by Crippen LogP contribution is -2.62. The van der Waals surface area contributed by atoms with Crippen LogP contribution in [0.1, 0.15) is 66.2 Å². The summed E-state index contributed by atoms with van der Waals surface area (Å²) in [6.07, 6.45) is 8.32. The van der Waals surface area contributed by atoms with Gasteiger partial charge in [-0.05, 0) is 50.4 Å². The summed E-state index contributed by atoms with van der Waals surface area (Å²) in [6.45, 7) is 10.0. The van der Waals surface area contributed by atoms with Gasteiger partial charge in [0.1, 0.15) is 0 Å². The van der Waals surface area contributed by atoms with E-state index in [0.717, 1.165) is 18.9 Å². The first kappa shape index (κ1) is 17.2. The molecule has 3 nitrogen and oxygen atoms in total. The SMILES string of the molecule is CCOC1CC(NC2CCC(C(C)(C)CC)CC2)C1OC. The molecule has 3 heteroatoms. The van der Waals surface area contributed by atoms with E-state index in [2.05, 4.69) is 33.0 Å². The van der Waals surface area contributed by atoms with Crippen LogP contribution in [0, 0.1) is 11.3 Å². The second kappa shape index (κ2) is 7.43. The number of ether oxygens (including phenoxy) is 2. The van der Waals surface area contributed by atoms with E-state index in [1.807, 2.05) is 7.11 Å². The molecular formula is C18H35NO2. The molecule has 0 heterocycles. The first-order valence-corrected chi connectivity index (χ1v) is 8.92. The average molecular weight is 297 g/mol. The fourth-order valence-corrected chi connectivity index (χ4v) is 4.07. The van der Waals surface area contributed by atoms with Crippen molar-refractivity contribution in [3.05, 3.63) is 0 Å². The molecule has 0 radical (unpaired) electrons. The van der Waals surface area contributed by atoms with Crippen LogP contribution in [0.5, 0.6) is 0 Å². The number of hydrogen-bond acceptors (Lipinski definition) is 3. The first-order valence-electron chi connectivity index (χ1n) is 8.92. The Bertz CT molecular complexity index is 310. The maximum absolute atomic E-state index is 5.71. The van der Waals surface area contributed by atoms with Crippen LogP contribution in [-0.4, -0.2) is 38.0 Å². The van der Waals surface area contributed by atoms with E-state index in [0.29, 0.717) is 23.6 Å². The minimum Gasteiger partial charge on any atom is -0.377 e. The molecule has 0 aromatic carbocycles. The number of rotatable bonds is 7. The van der Waals surface area contributed by atoms with Crippen LogP contribution in [0.4, 0.5) is 0 Å². The van der Waals surface area contributed by atoms with Crippen LogP contribution in [0.3, 0.4) is 0 Å². The van der Waals surface area contributed by atoms with Crippen molar-refractivity contribution in [2.24, 2.45) is 11.3 Å². The lowest BCUT2D eigenvalue weighted by molar-refractivity contribution is -0.134. The van der Waals surface area contributed by atoms with Gasteiger partial charge in [0, 0.05) is 25.8 Å². The van der Waals surface area contributed by atoms with Gasteiger partial charge in [-0.2, -0.15) is 0 Å². The molecule has 3 atom stereocenters. The molecule has 124 valence electrons. The molecule has 2 aliphatic carbocycles. The molecule has 0 spiro atoms. The summed E-state index contributed by atoms with van der Waals surface area (Å²) in [7, 11) is 1.81. The Hall–Kier alpha value is -0.120. The Balaban J connectivity index is 1.74. The van der Waals surface area contributed by atoms with Crippen LogP contribution in [0.2, 0.25) is 0 Å². The van der Waals surface area contributed by atoms with Gasteiger partial charge in [-0.25, -0.2) is 0 Å². The fourth-order valence-electron chi connectivity index (χ4n) is 4.07. The van der Waals surface area contributed by atoms with Crippen molar-refractivity contribution < 1.29 is 9.47 Å². The molecule has 0 aromatic heterocycles. The van der Waals surface area contributed by atoms with E-state index >= 15 is 0 Å². The quantitative estimate of drug-likeness (QED) is 0.776. The largest absolute Gasteiger partial charge is 0.377 e. The van der Waals surface area contributed by atoms with E-state index in [9.17, 15) is 0 Å². The molecule has 2 rings (SSSR count). The van der Waals surface area contributed by atoms with Crippen molar-refractivity contribution in [3.8, 4) is 0 Å². The Labute approximate surface area is 131 Å². The Morgan fingerprint density at radius 3 is 2.29 bits per heavy atom. The van der Waals surface area contributed by atoms with Crippen molar-refractivity contribution >= 4 is 0 Å². The molecule has 2 fully saturated rings. The number of hydrogen-bond donors (Lipinski definition) is 1. The smallest absolute Gasteiger partial charge is 0.0986 e. The highest BCUT2D eigenvalue weighted by Crippen LogP contribution is 2.41. The molecule has 0 bridgehead atoms. The second-order valence-electron chi connectivity index (χ2n) is 7.59. The van der Waals surface area contributed by atoms with Gasteiger partial charge >= 0.3 is 0 Å². The minimum absolute atomic E-state index is 0.245. The minimum atomic E-state index is 0.245. The van der Waals surface area contributed by atoms with Crippen LogP contribution in [-0.2, 0) is 9.47 Å². The molecule has 2 saturated carbocycles. The van der Waals surface area contributed by atoms with Gasteiger partial charge in [-0.3, -0.25) is 0 Å². The van der Waals surface area contributed by atoms with Crippen molar-refractivity contribution in [2.75, 3.05) is 13.7 Å². The lowest BCUT2D eigenvalue weighted by atomic mass is 9.68. The summed E-state index contributed by atoms with van der Waals surface area (Å²) in [6, 6.07) is 1.17. The Morgan fingerprint density at radius 2 is 1.76 bits per heavy atom. The highest BCUT2D eigenvalue weighted by atomic mass is 16.5. The topological polar surface area (TPSA) is 30.5 Å². The number of methoxy groups -OCH3 is 1. The van der Waals surface area contributed by atoms with Crippen molar-refractivity contribution in [2.45, 2.75) is 90.5 Å². The molecule has 1 N–H and O–H groups in total. The zero-order valence-corrected chi connectivity index (χ0v) is 14.7. The highest BCUT2D eigenvalue weighted by Gasteiger charge is 2.43. The van der Waals surface area contributed by atoms with E-state index in [1.165, 1.54) is 32.1 Å². The maximum atomic E-state index is 5.71. The second-order valence-corrected chi connectivity index (χ2v) is 7.59. The van der Waals surface area contributed by atoms with Crippen LogP contribution in [0.25, 0.3) is 0 Å². The van der Waals surface area contributed by atoms with Gasteiger partial charge in [0.25, 0.3) is 0 Å². The molecule has 3 unspecified atom stereocenters. The normalized spacial score (nSPS) is 37.3. The molecule has 0 aromatic rings. The van der Waals surface area contributed by atoms with Crippen LogP contribution < -0.4 is 5.32 Å². The number of nitrogens with one attached hydrogen (secondary N) is 1. The van der Waals surface area contributed by atoms with Gasteiger partial charge < -0.3 is 14.8 Å². The van der Waals surface area contributed by atoms with Gasteiger partial charge in [0.15, 0.2) is 0 Å². The summed E-state index contributed by atoms with van der Waals surface area (Å²) < 4.78 is 11.3. The Morgan fingerprint density at radius 1 is 1.10 bits per heavy atom. The van der Waals surface area contributed by atoms with E-state index in [-0.39, 0.29) is 6.10 Å². The lowest BCUT2D eigenvalue weighted by Gasteiger charge is -2.46. The van der Waals surface area contributed by atoms with E-state index in [1.54, 1.807) is 0 Å². The van der Waals surface area contributed by atoms with Gasteiger partial charge in [0.2, 0.25) is 0 Å². The predicted molar refractivity (Wildman–Crippen MR) is 87.6 cm³/mol. The van der Waals surface area contributed by atoms with E-state index < -0.39 is 0 Å². The van der Waals surface area contributed by atoms with Crippen LogP contribution >= 0.6 is 0 Å². The third-order valence-corrected chi connectivity index (χ3v) is 6.10. The van der Waals surface area contributed by atoms with Gasteiger partial charge in [-0.1, -0.05) is 27.2 Å². The molecule has 21 heavy (non-hydrogen) atoms. The average Bonchev–Trinajstić information content (AvgIpc) is 2.47. The summed E-state index contributed by atoms with van der Waals surface area (Å²) in [5.41, 5.74) is 0.510. The first-order chi connectivity index (χ1) is 10.0. The summed E-state index contributed by atoms with van der Waals surface area (Å²) >= 11 is 0.